The number of hydrogen-bond donors (Lipinski definition) is 1. The van der Waals surface area contributed by atoms with Gasteiger partial charge in [0.15, 0.2) is 0 Å². The third kappa shape index (κ3) is 1.98. The summed E-state index contributed by atoms with van der Waals surface area (Å²) in [5.41, 5.74) is 0. The highest BCUT2D eigenvalue weighted by atomic mass is 16.3. The number of aliphatic hydroxyl groups excluding tert-OH is 1. The molecule has 1 aliphatic rings. The minimum atomic E-state index is -0.179. The van der Waals surface area contributed by atoms with Gasteiger partial charge in [-0.25, -0.2) is 4.98 Å². The van der Waals surface area contributed by atoms with E-state index in [1.165, 1.54) is 12.8 Å². The van der Waals surface area contributed by atoms with Gasteiger partial charge in [-0.1, -0.05) is 13.8 Å². The molecule has 0 bridgehead atoms. The SMILES string of the molecule is CC(C)c1nccn1CC(O)C1CC1. The van der Waals surface area contributed by atoms with Crippen molar-refractivity contribution in [3.8, 4) is 0 Å². The molecule has 1 heterocycles. The summed E-state index contributed by atoms with van der Waals surface area (Å²) in [6.07, 6.45) is 5.97. The fraction of sp³-hybridized carbons (Fsp3) is 0.727. The van der Waals surface area contributed by atoms with Crippen LogP contribution in [0.25, 0.3) is 0 Å². The number of rotatable bonds is 4. The van der Waals surface area contributed by atoms with Gasteiger partial charge < -0.3 is 9.67 Å². The van der Waals surface area contributed by atoms with Crippen molar-refractivity contribution in [2.75, 3.05) is 0 Å². The molecule has 1 aliphatic carbocycles. The highest BCUT2D eigenvalue weighted by Gasteiger charge is 2.30. The summed E-state index contributed by atoms with van der Waals surface area (Å²) in [4.78, 5) is 4.30. The quantitative estimate of drug-likeness (QED) is 0.793. The van der Waals surface area contributed by atoms with Crippen molar-refractivity contribution in [3.05, 3.63) is 18.2 Å². The average molecular weight is 194 g/mol. The number of nitrogens with zero attached hydrogens (tertiary/aromatic N) is 2. The predicted octanol–water partition coefficient (Wildman–Crippen LogP) is 1.78. The highest BCUT2D eigenvalue weighted by molar-refractivity contribution is 4.98. The Kier molecular flexibility index (Phi) is 2.59. The summed E-state index contributed by atoms with van der Waals surface area (Å²) < 4.78 is 2.08. The van der Waals surface area contributed by atoms with Gasteiger partial charge in [-0.15, -0.1) is 0 Å². The van der Waals surface area contributed by atoms with Gasteiger partial charge in [0.1, 0.15) is 5.82 Å². The fourth-order valence-corrected chi connectivity index (χ4v) is 1.81. The molecule has 1 aromatic rings. The van der Waals surface area contributed by atoms with Crippen LogP contribution in [0.1, 0.15) is 38.4 Å². The van der Waals surface area contributed by atoms with E-state index < -0.39 is 0 Å². The standard InChI is InChI=1S/C11H18N2O/c1-8(2)11-12-5-6-13(11)7-10(14)9-3-4-9/h5-6,8-10,14H,3-4,7H2,1-2H3. The lowest BCUT2D eigenvalue weighted by Gasteiger charge is -2.14. The van der Waals surface area contributed by atoms with E-state index in [1.54, 1.807) is 0 Å². The van der Waals surface area contributed by atoms with Crippen molar-refractivity contribution in [1.29, 1.82) is 0 Å². The van der Waals surface area contributed by atoms with Crippen LogP contribution in [0.3, 0.4) is 0 Å². The van der Waals surface area contributed by atoms with Gasteiger partial charge in [-0.05, 0) is 18.8 Å². The molecule has 3 heteroatoms. The Balaban J connectivity index is 2.03. The first kappa shape index (κ1) is 9.71. The highest BCUT2D eigenvalue weighted by Crippen LogP contribution is 2.33. The van der Waals surface area contributed by atoms with E-state index in [1.807, 2.05) is 12.4 Å². The molecular formula is C11H18N2O. The topological polar surface area (TPSA) is 38.0 Å². The first-order valence-corrected chi connectivity index (χ1v) is 5.37. The minimum absolute atomic E-state index is 0.179. The second kappa shape index (κ2) is 3.73. The lowest BCUT2D eigenvalue weighted by Crippen LogP contribution is -2.19. The maximum Gasteiger partial charge on any atom is 0.111 e. The lowest BCUT2D eigenvalue weighted by molar-refractivity contribution is 0.130. The van der Waals surface area contributed by atoms with Crippen LogP contribution >= 0.6 is 0 Å². The smallest absolute Gasteiger partial charge is 0.111 e. The first-order chi connectivity index (χ1) is 6.68. The summed E-state index contributed by atoms with van der Waals surface area (Å²) in [5.74, 6) is 2.04. The zero-order valence-corrected chi connectivity index (χ0v) is 8.85. The molecule has 78 valence electrons. The van der Waals surface area contributed by atoms with Gasteiger partial charge in [0.25, 0.3) is 0 Å². The van der Waals surface area contributed by atoms with Crippen LogP contribution in [0, 0.1) is 5.92 Å². The Morgan fingerprint density at radius 3 is 2.86 bits per heavy atom. The van der Waals surface area contributed by atoms with Gasteiger partial charge in [-0.2, -0.15) is 0 Å². The number of aliphatic hydroxyl groups is 1. The van der Waals surface area contributed by atoms with E-state index in [9.17, 15) is 5.11 Å². The second-order valence-corrected chi connectivity index (χ2v) is 4.50. The van der Waals surface area contributed by atoms with Crippen LogP contribution in [-0.4, -0.2) is 20.8 Å². The molecule has 1 saturated carbocycles. The van der Waals surface area contributed by atoms with Gasteiger partial charge in [-0.3, -0.25) is 0 Å². The fourth-order valence-electron chi connectivity index (χ4n) is 1.81. The van der Waals surface area contributed by atoms with Crippen molar-refractivity contribution >= 4 is 0 Å². The van der Waals surface area contributed by atoms with Crippen LogP contribution in [-0.2, 0) is 6.54 Å². The minimum Gasteiger partial charge on any atom is -0.391 e. The molecule has 0 aliphatic heterocycles. The Bertz CT molecular complexity index is 302. The van der Waals surface area contributed by atoms with Crippen LogP contribution in [0.4, 0.5) is 0 Å². The summed E-state index contributed by atoms with van der Waals surface area (Å²) in [5, 5.41) is 9.82. The lowest BCUT2D eigenvalue weighted by atomic mass is 10.2. The second-order valence-electron chi connectivity index (χ2n) is 4.50. The van der Waals surface area contributed by atoms with Gasteiger partial charge in [0.2, 0.25) is 0 Å². The zero-order chi connectivity index (χ0) is 10.1. The Morgan fingerprint density at radius 2 is 2.29 bits per heavy atom. The van der Waals surface area contributed by atoms with Crippen LogP contribution in [0.5, 0.6) is 0 Å². The van der Waals surface area contributed by atoms with Crippen LogP contribution < -0.4 is 0 Å². The van der Waals surface area contributed by atoms with Crippen molar-refractivity contribution < 1.29 is 5.11 Å². The predicted molar refractivity (Wildman–Crippen MR) is 55.0 cm³/mol. The molecule has 2 rings (SSSR count). The largest absolute Gasteiger partial charge is 0.391 e. The number of hydrogen-bond acceptors (Lipinski definition) is 2. The van der Waals surface area contributed by atoms with Crippen molar-refractivity contribution in [1.82, 2.24) is 9.55 Å². The van der Waals surface area contributed by atoms with Crippen molar-refractivity contribution in [2.24, 2.45) is 5.92 Å². The summed E-state index contributed by atoms with van der Waals surface area (Å²) >= 11 is 0. The monoisotopic (exact) mass is 194 g/mol. The van der Waals surface area contributed by atoms with E-state index in [-0.39, 0.29) is 6.10 Å². The van der Waals surface area contributed by atoms with Crippen LogP contribution in [0.2, 0.25) is 0 Å². The molecular weight excluding hydrogens is 176 g/mol. The van der Waals surface area contributed by atoms with E-state index in [4.69, 9.17) is 0 Å². The van der Waals surface area contributed by atoms with E-state index in [2.05, 4.69) is 23.4 Å². The average Bonchev–Trinajstić information content (AvgIpc) is 2.87. The molecule has 0 amide bonds. The molecule has 0 spiro atoms. The molecule has 1 fully saturated rings. The van der Waals surface area contributed by atoms with Gasteiger partial charge >= 0.3 is 0 Å². The molecule has 14 heavy (non-hydrogen) atoms. The van der Waals surface area contributed by atoms with Gasteiger partial charge in [0, 0.05) is 18.3 Å². The van der Waals surface area contributed by atoms with E-state index >= 15 is 0 Å². The number of imidazole rings is 1. The molecule has 3 nitrogen and oxygen atoms in total. The molecule has 1 aromatic heterocycles. The third-order valence-corrected chi connectivity index (χ3v) is 2.81. The molecule has 0 saturated heterocycles. The molecule has 0 aromatic carbocycles. The maximum atomic E-state index is 9.82. The maximum absolute atomic E-state index is 9.82. The molecule has 1 atom stereocenters. The van der Waals surface area contributed by atoms with E-state index in [0.717, 1.165) is 5.82 Å². The molecule has 1 unspecified atom stereocenters. The van der Waals surface area contributed by atoms with Gasteiger partial charge in [0.05, 0.1) is 12.6 Å². The van der Waals surface area contributed by atoms with Crippen molar-refractivity contribution in [3.63, 3.8) is 0 Å². The zero-order valence-electron chi connectivity index (χ0n) is 8.85. The van der Waals surface area contributed by atoms with E-state index in [0.29, 0.717) is 18.4 Å². The summed E-state index contributed by atoms with van der Waals surface area (Å²) in [6, 6.07) is 0. The number of aromatic nitrogens is 2. The molecule has 1 N–H and O–H groups in total. The summed E-state index contributed by atoms with van der Waals surface area (Å²) in [6.45, 7) is 4.96. The third-order valence-electron chi connectivity index (χ3n) is 2.81. The van der Waals surface area contributed by atoms with Crippen LogP contribution in [0.15, 0.2) is 12.4 Å². The van der Waals surface area contributed by atoms with Crippen molar-refractivity contribution in [2.45, 2.75) is 45.3 Å². The molecule has 0 radical (unpaired) electrons. The normalized spacial score (nSPS) is 18.9. The Labute approximate surface area is 84.8 Å². The summed E-state index contributed by atoms with van der Waals surface area (Å²) in [7, 11) is 0. The Hall–Kier alpha value is -0.830. The Morgan fingerprint density at radius 1 is 1.57 bits per heavy atom. The first-order valence-electron chi connectivity index (χ1n) is 5.37.